The molecular weight excluding hydrogens is 273 g/mol. The minimum atomic E-state index is -0.880. The lowest BCUT2D eigenvalue weighted by molar-refractivity contribution is -0.124. The van der Waals surface area contributed by atoms with Crippen molar-refractivity contribution < 1.29 is 19.0 Å². The molecular formula is C16H22FNO3. The predicted octanol–water partition coefficient (Wildman–Crippen LogP) is 1.98. The average molecular weight is 295 g/mol. The summed E-state index contributed by atoms with van der Waals surface area (Å²) in [7, 11) is 0. The van der Waals surface area contributed by atoms with E-state index in [1.165, 1.54) is 6.07 Å². The number of benzene rings is 1. The summed E-state index contributed by atoms with van der Waals surface area (Å²) < 4.78 is 18.8. The summed E-state index contributed by atoms with van der Waals surface area (Å²) in [5, 5.41) is 13.0. The first kappa shape index (κ1) is 15.9. The number of carbonyl (C=O) groups excluding carboxylic acids is 1. The molecule has 116 valence electrons. The highest BCUT2D eigenvalue weighted by molar-refractivity contribution is 5.76. The van der Waals surface area contributed by atoms with Gasteiger partial charge in [-0.15, -0.1) is 0 Å². The number of hydrogen-bond acceptors (Lipinski definition) is 3. The van der Waals surface area contributed by atoms with Gasteiger partial charge in [0, 0.05) is 39.0 Å². The molecule has 0 aromatic heterocycles. The average Bonchev–Trinajstić information content (AvgIpc) is 2.46. The lowest BCUT2D eigenvalue weighted by atomic mass is 9.93. The van der Waals surface area contributed by atoms with E-state index in [9.17, 15) is 14.3 Å². The van der Waals surface area contributed by atoms with Gasteiger partial charge in [0.25, 0.3) is 0 Å². The van der Waals surface area contributed by atoms with Crippen LogP contribution in [-0.2, 0) is 9.53 Å². The van der Waals surface area contributed by atoms with Crippen molar-refractivity contribution in [3.63, 3.8) is 0 Å². The molecule has 1 saturated heterocycles. The van der Waals surface area contributed by atoms with Crippen LogP contribution >= 0.6 is 0 Å². The molecule has 2 rings (SSSR count). The van der Waals surface area contributed by atoms with Crippen LogP contribution in [0.1, 0.15) is 37.7 Å². The van der Waals surface area contributed by atoms with E-state index < -0.39 is 5.60 Å². The molecule has 0 aliphatic carbocycles. The lowest BCUT2D eigenvalue weighted by Crippen LogP contribution is -2.46. The summed E-state index contributed by atoms with van der Waals surface area (Å²) in [5.41, 5.74) is -0.341. The Labute approximate surface area is 124 Å². The first-order valence-electron chi connectivity index (χ1n) is 7.31. The third-order valence-electron chi connectivity index (χ3n) is 3.97. The van der Waals surface area contributed by atoms with Crippen LogP contribution in [0.2, 0.25) is 0 Å². The molecule has 1 amide bonds. The SMILES string of the molecule is CC(CC(=O)NCC1(O)CCOCC1)c1ccccc1F. The minimum absolute atomic E-state index is 0.175. The molecule has 0 radical (unpaired) electrons. The summed E-state index contributed by atoms with van der Waals surface area (Å²) in [6.45, 7) is 3.07. The summed E-state index contributed by atoms with van der Waals surface area (Å²) in [6.07, 6.45) is 1.25. The Morgan fingerprint density at radius 2 is 2.10 bits per heavy atom. The van der Waals surface area contributed by atoms with Gasteiger partial charge >= 0.3 is 0 Å². The molecule has 1 aromatic carbocycles. The highest BCUT2D eigenvalue weighted by atomic mass is 19.1. The topological polar surface area (TPSA) is 58.6 Å². The first-order valence-corrected chi connectivity index (χ1v) is 7.31. The molecule has 1 heterocycles. The molecule has 5 heteroatoms. The van der Waals surface area contributed by atoms with Crippen molar-refractivity contribution >= 4 is 5.91 Å². The van der Waals surface area contributed by atoms with Crippen LogP contribution in [0.25, 0.3) is 0 Å². The predicted molar refractivity (Wildman–Crippen MR) is 77.4 cm³/mol. The molecule has 2 N–H and O–H groups in total. The largest absolute Gasteiger partial charge is 0.388 e. The molecule has 1 aliphatic heterocycles. The van der Waals surface area contributed by atoms with E-state index in [2.05, 4.69) is 5.32 Å². The van der Waals surface area contributed by atoms with Crippen LogP contribution < -0.4 is 5.32 Å². The van der Waals surface area contributed by atoms with Crippen LogP contribution in [0.3, 0.4) is 0 Å². The smallest absolute Gasteiger partial charge is 0.220 e. The summed E-state index contributed by atoms with van der Waals surface area (Å²) in [4.78, 5) is 11.9. The number of ether oxygens (including phenoxy) is 1. The Morgan fingerprint density at radius 1 is 1.43 bits per heavy atom. The van der Waals surface area contributed by atoms with Crippen LogP contribution in [0, 0.1) is 5.82 Å². The van der Waals surface area contributed by atoms with Crippen LogP contribution in [-0.4, -0.2) is 36.4 Å². The molecule has 0 bridgehead atoms. The van der Waals surface area contributed by atoms with Gasteiger partial charge in [0.1, 0.15) is 5.82 Å². The molecule has 1 unspecified atom stereocenters. The van der Waals surface area contributed by atoms with E-state index in [1.807, 2.05) is 6.92 Å². The zero-order chi connectivity index (χ0) is 15.3. The second kappa shape index (κ2) is 7.00. The van der Waals surface area contributed by atoms with Crippen molar-refractivity contribution in [2.45, 2.75) is 37.7 Å². The second-order valence-corrected chi connectivity index (χ2v) is 5.74. The number of rotatable bonds is 5. The van der Waals surface area contributed by atoms with Crippen LogP contribution in [0.15, 0.2) is 24.3 Å². The Morgan fingerprint density at radius 3 is 2.76 bits per heavy atom. The Hall–Kier alpha value is -1.46. The fraction of sp³-hybridized carbons (Fsp3) is 0.562. The molecule has 0 saturated carbocycles. The normalized spacial score (nSPS) is 19.0. The molecule has 1 aliphatic rings. The maximum atomic E-state index is 13.6. The summed E-state index contributed by atoms with van der Waals surface area (Å²) in [5.74, 6) is -0.665. The highest BCUT2D eigenvalue weighted by Crippen LogP contribution is 2.22. The van der Waals surface area contributed by atoms with Crippen LogP contribution in [0.5, 0.6) is 0 Å². The van der Waals surface area contributed by atoms with Gasteiger partial charge < -0.3 is 15.2 Å². The third-order valence-corrected chi connectivity index (χ3v) is 3.97. The monoisotopic (exact) mass is 295 g/mol. The third kappa shape index (κ3) is 4.51. The molecule has 1 aromatic rings. The molecule has 1 fully saturated rings. The van der Waals surface area contributed by atoms with Gasteiger partial charge in [0.05, 0.1) is 5.60 Å². The molecule has 0 spiro atoms. The maximum Gasteiger partial charge on any atom is 0.220 e. The number of nitrogens with one attached hydrogen (secondary N) is 1. The maximum absolute atomic E-state index is 13.6. The second-order valence-electron chi connectivity index (χ2n) is 5.74. The quantitative estimate of drug-likeness (QED) is 0.873. The fourth-order valence-electron chi connectivity index (χ4n) is 2.53. The van der Waals surface area contributed by atoms with Gasteiger partial charge in [-0.1, -0.05) is 25.1 Å². The Balaban J connectivity index is 1.83. The van der Waals surface area contributed by atoms with E-state index in [-0.39, 0.29) is 30.6 Å². The van der Waals surface area contributed by atoms with Crippen molar-refractivity contribution in [2.24, 2.45) is 0 Å². The van der Waals surface area contributed by atoms with Crippen molar-refractivity contribution in [1.82, 2.24) is 5.32 Å². The van der Waals surface area contributed by atoms with Gasteiger partial charge in [0.15, 0.2) is 0 Å². The number of halogens is 1. The van der Waals surface area contributed by atoms with E-state index >= 15 is 0 Å². The first-order chi connectivity index (χ1) is 10.0. The van der Waals surface area contributed by atoms with Crippen LogP contribution in [0.4, 0.5) is 4.39 Å². The number of carbonyl (C=O) groups is 1. The number of hydrogen-bond donors (Lipinski definition) is 2. The summed E-state index contributed by atoms with van der Waals surface area (Å²) in [6, 6.07) is 6.48. The number of aliphatic hydroxyl groups is 1. The Kier molecular flexibility index (Phi) is 5.31. The zero-order valence-corrected chi connectivity index (χ0v) is 12.3. The van der Waals surface area contributed by atoms with Crippen molar-refractivity contribution in [3.05, 3.63) is 35.6 Å². The van der Waals surface area contributed by atoms with Crippen molar-refractivity contribution in [2.75, 3.05) is 19.8 Å². The lowest BCUT2D eigenvalue weighted by Gasteiger charge is -2.32. The minimum Gasteiger partial charge on any atom is -0.388 e. The van der Waals surface area contributed by atoms with Crippen molar-refractivity contribution in [1.29, 1.82) is 0 Å². The van der Waals surface area contributed by atoms with E-state index in [1.54, 1.807) is 18.2 Å². The highest BCUT2D eigenvalue weighted by Gasteiger charge is 2.30. The van der Waals surface area contributed by atoms with Crippen molar-refractivity contribution in [3.8, 4) is 0 Å². The van der Waals surface area contributed by atoms with Gasteiger partial charge in [0.2, 0.25) is 5.91 Å². The van der Waals surface area contributed by atoms with E-state index in [0.717, 1.165) is 0 Å². The number of amides is 1. The zero-order valence-electron chi connectivity index (χ0n) is 12.3. The summed E-state index contributed by atoms with van der Waals surface area (Å²) >= 11 is 0. The van der Waals surface area contributed by atoms with E-state index in [0.29, 0.717) is 31.6 Å². The Bertz CT molecular complexity index is 486. The molecule has 1 atom stereocenters. The van der Waals surface area contributed by atoms with Gasteiger partial charge in [-0.25, -0.2) is 4.39 Å². The van der Waals surface area contributed by atoms with E-state index in [4.69, 9.17) is 4.74 Å². The van der Waals surface area contributed by atoms with Gasteiger partial charge in [-0.05, 0) is 17.5 Å². The standard InChI is InChI=1S/C16H22FNO3/c1-12(13-4-2-3-5-14(13)17)10-15(19)18-11-16(20)6-8-21-9-7-16/h2-5,12,20H,6-11H2,1H3,(H,18,19). The van der Waals surface area contributed by atoms with Gasteiger partial charge in [-0.2, -0.15) is 0 Å². The fourth-order valence-corrected chi connectivity index (χ4v) is 2.53. The molecule has 21 heavy (non-hydrogen) atoms. The molecule has 4 nitrogen and oxygen atoms in total. The van der Waals surface area contributed by atoms with Gasteiger partial charge in [-0.3, -0.25) is 4.79 Å².